The van der Waals surface area contributed by atoms with Gasteiger partial charge >= 0.3 is 11.9 Å². The summed E-state index contributed by atoms with van der Waals surface area (Å²) in [5.41, 5.74) is 2.28. The Balaban J connectivity index is 1.46. The maximum atomic E-state index is 10.2. The molecule has 7 heteroatoms. The van der Waals surface area contributed by atoms with Gasteiger partial charge in [-0.2, -0.15) is 0 Å². The summed E-state index contributed by atoms with van der Waals surface area (Å²) in [6.07, 6.45) is 13.5. The third-order valence-electron chi connectivity index (χ3n) is 5.62. The number of allylic oxidation sites excluding steroid dienone is 5. The molecule has 0 amide bonds. The number of phenols is 4. The van der Waals surface area contributed by atoms with Gasteiger partial charge in [0.25, 0.3) is 0 Å². The van der Waals surface area contributed by atoms with Crippen LogP contribution in [-0.2, 0) is 9.16 Å². The van der Waals surface area contributed by atoms with Gasteiger partial charge in [-0.25, -0.2) is 4.42 Å². The van der Waals surface area contributed by atoms with Crippen LogP contribution in [0.4, 0.5) is 0 Å². The highest BCUT2D eigenvalue weighted by Gasteiger charge is 2.44. The number of hydrogen-bond acceptors (Lipinski definition) is 6. The summed E-state index contributed by atoms with van der Waals surface area (Å²) in [6.45, 7) is 0. The van der Waals surface area contributed by atoms with Gasteiger partial charge in [-0.15, -0.1) is 0 Å². The Bertz CT molecular complexity index is 1390. The average Bonchev–Trinajstić information content (AvgIpc) is 2.80. The smallest absolute Gasteiger partial charge is 0.344 e. The molecule has 5 N–H and O–H groups in total. The maximum Gasteiger partial charge on any atom is 0.344 e. The van der Waals surface area contributed by atoms with Crippen LogP contribution in [0, 0.1) is 5.92 Å². The lowest BCUT2D eigenvalue weighted by atomic mass is 9.83. The van der Waals surface area contributed by atoms with Crippen molar-refractivity contribution in [3.05, 3.63) is 107 Å². The molecule has 0 fully saturated rings. The van der Waals surface area contributed by atoms with Crippen LogP contribution >= 0.6 is 0 Å². The molecule has 2 aromatic carbocycles. The third-order valence-corrected chi connectivity index (χ3v) is 5.62. The molecule has 2 heterocycles. The zero-order valence-corrected chi connectivity index (χ0v) is 17.8. The monoisotopic (exact) mass is 457 g/mol. The predicted octanol–water partition coefficient (Wildman–Crippen LogP) is 4.52. The van der Waals surface area contributed by atoms with E-state index in [4.69, 9.17) is 9.16 Å². The van der Waals surface area contributed by atoms with Crippen LogP contribution in [0.2, 0.25) is 0 Å². The Labute approximate surface area is 194 Å². The average molecular weight is 457 g/mol. The predicted molar refractivity (Wildman–Crippen MR) is 126 cm³/mol. The number of benzene rings is 2. The van der Waals surface area contributed by atoms with Gasteiger partial charge in [-0.1, -0.05) is 18.2 Å². The molecule has 0 saturated heterocycles. The molecular formula is C27H21O7+. The van der Waals surface area contributed by atoms with Crippen LogP contribution in [0.25, 0.3) is 12.2 Å². The summed E-state index contributed by atoms with van der Waals surface area (Å²) in [6, 6.07) is 9.01. The number of carbonyl (C=O) groups excluding carboxylic acids is 1. The summed E-state index contributed by atoms with van der Waals surface area (Å²) >= 11 is 0. The summed E-state index contributed by atoms with van der Waals surface area (Å²) in [4.78, 5) is 0. The second-order valence-electron chi connectivity index (χ2n) is 8.06. The second-order valence-corrected chi connectivity index (χ2v) is 8.06. The standard InChI is InChI=1S/C27H20O7/c28-18-13-25-27-17(11-19(33-25)5-1-15-3-7-21(29)23(31)9-15)12-20(34-26(27)14-18)6-2-16-4-8-22(30)24(32)10-16/h1-14,25,27H,(H4-,28,29,30,31,32)/p+1/b5-1+,6-2+. The van der Waals surface area contributed by atoms with Crippen LogP contribution in [0.1, 0.15) is 11.1 Å². The molecule has 170 valence electrons. The van der Waals surface area contributed by atoms with Crippen LogP contribution in [0.5, 0.6) is 23.0 Å². The Morgan fingerprint density at radius 3 is 2.00 bits per heavy atom. The molecule has 0 radical (unpaired) electrons. The third kappa shape index (κ3) is 4.19. The van der Waals surface area contributed by atoms with Crippen molar-refractivity contribution in [3.8, 4) is 23.0 Å². The van der Waals surface area contributed by atoms with Crippen LogP contribution < -0.4 is 0 Å². The Kier molecular flexibility index (Phi) is 5.22. The fraction of sp³-hybridized carbons (Fsp3) is 0.0741. The maximum absolute atomic E-state index is 10.2. The van der Waals surface area contributed by atoms with Crippen LogP contribution in [0.3, 0.4) is 0 Å². The van der Waals surface area contributed by atoms with E-state index < -0.39 is 6.10 Å². The van der Waals surface area contributed by atoms with E-state index in [-0.39, 0.29) is 34.7 Å². The number of phenolic OH excluding ortho intramolecular Hbond substituents is 4. The largest absolute Gasteiger partial charge is 0.508 e. The van der Waals surface area contributed by atoms with Crippen molar-refractivity contribution in [2.24, 2.45) is 5.92 Å². The van der Waals surface area contributed by atoms with E-state index in [1.165, 1.54) is 24.3 Å². The normalized spacial score (nSPS) is 21.2. The van der Waals surface area contributed by atoms with E-state index in [1.54, 1.807) is 48.6 Å². The number of ether oxygens (including phenoxy) is 1. The summed E-state index contributed by atoms with van der Waals surface area (Å²) in [7, 11) is 0. The van der Waals surface area contributed by atoms with Crippen LogP contribution in [0.15, 0.2) is 95.7 Å². The fourth-order valence-electron chi connectivity index (χ4n) is 3.98. The molecule has 0 spiro atoms. The van der Waals surface area contributed by atoms with Crippen molar-refractivity contribution in [3.63, 3.8) is 0 Å². The van der Waals surface area contributed by atoms with Crippen LogP contribution in [-0.4, -0.2) is 37.4 Å². The van der Waals surface area contributed by atoms with Gasteiger partial charge in [-0.05, 0) is 59.2 Å². The number of aromatic hydroxyl groups is 4. The van der Waals surface area contributed by atoms with Crippen molar-refractivity contribution in [2.45, 2.75) is 6.10 Å². The zero-order chi connectivity index (χ0) is 23.8. The van der Waals surface area contributed by atoms with E-state index in [1.807, 2.05) is 12.2 Å². The number of aliphatic hydroxyl groups excluding tert-OH is 1. The molecular weight excluding hydrogens is 436 g/mol. The minimum atomic E-state index is -0.455. The fourth-order valence-corrected chi connectivity index (χ4v) is 3.98. The first kappa shape index (κ1) is 21.2. The highest BCUT2D eigenvalue weighted by Crippen LogP contribution is 2.40. The number of aliphatic hydroxyl groups is 1. The van der Waals surface area contributed by atoms with Gasteiger partial charge in [-0.3, -0.25) is 0 Å². The van der Waals surface area contributed by atoms with Gasteiger partial charge in [0.15, 0.2) is 23.0 Å². The summed E-state index contributed by atoms with van der Waals surface area (Å²) in [5, 5.41) is 48.6. The van der Waals surface area contributed by atoms with Gasteiger partial charge in [0, 0.05) is 18.2 Å². The molecule has 0 saturated carbocycles. The second kappa shape index (κ2) is 8.37. The highest BCUT2D eigenvalue weighted by atomic mass is 16.5. The highest BCUT2D eigenvalue weighted by molar-refractivity contribution is 6.03. The first-order chi connectivity index (χ1) is 16.4. The molecule has 0 aromatic heterocycles. The number of ketones is 1. The molecule has 3 aliphatic rings. The Morgan fingerprint density at radius 1 is 0.706 bits per heavy atom. The van der Waals surface area contributed by atoms with E-state index in [0.717, 1.165) is 5.57 Å². The van der Waals surface area contributed by atoms with Gasteiger partial charge in [0.05, 0.1) is 6.08 Å². The molecule has 2 aliphatic heterocycles. The lowest BCUT2D eigenvalue weighted by molar-refractivity contribution is -0.497. The number of rotatable bonds is 4. The molecule has 34 heavy (non-hydrogen) atoms. The summed E-state index contributed by atoms with van der Waals surface area (Å²) in [5.74, 6) is 0.658. The van der Waals surface area contributed by atoms with Crippen molar-refractivity contribution in [2.75, 3.05) is 0 Å². The minimum absolute atomic E-state index is 0.0398. The van der Waals surface area contributed by atoms with Crippen molar-refractivity contribution >= 4 is 17.9 Å². The lowest BCUT2D eigenvalue weighted by Gasteiger charge is -2.29. The van der Waals surface area contributed by atoms with Gasteiger partial charge < -0.3 is 30.3 Å². The Morgan fingerprint density at radius 2 is 1.35 bits per heavy atom. The van der Waals surface area contributed by atoms with Crippen molar-refractivity contribution in [1.82, 2.24) is 0 Å². The lowest BCUT2D eigenvalue weighted by Crippen LogP contribution is -2.33. The number of hydrogen-bond donors (Lipinski definition) is 5. The Hall–Kier alpha value is -4.65. The molecule has 0 bridgehead atoms. The summed E-state index contributed by atoms with van der Waals surface area (Å²) < 4.78 is 12.0. The minimum Gasteiger partial charge on any atom is -0.508 e. The topological polar surface area (TPSA) is 122 Å². The molecule has 7 nitrogen and oxygen atoms in total. The molecule has 1 aliphatic carbocycles. The van der Waals surface area contributed by atoms with E-state index in [2.05, 4.69) is 0 Å². The molecule has 2 atom stereocenters. The van der Waals surface area contributed by atoms with Gasteiger partial charge in [0.1, 0.15) is 23.2 Å². The molecule has 2 unspecified atom stereocenters. The quantitative estimate of drug-likeness (QED) is 0.262. The van der Waals surface area contributed by atoms with E-state index >= 15 is 0 Å². The first-order valence-corrected chi connectivity index (χ1v) is 10.5. The van der Waals surface area contributed by atoms with E-state index in [0.29, 0.717) is 28.4 Å². The van der Waals surface area contributed by atoms with Gasteiger partial charge in [0.2, 0.25) is 0 Å². The SMILES string of the molecule is OC1=CC2[O+]=C(/C=C/c3ccc(O)c(O)c3)C=C3C=C(/C=C/c4ccc(O)c(O)c4)OC(=C1)C32. The van der Waals surface area contributed by atoms with E-state index in [9.17, 15) is 25.5 Å². The van der Waals surface area contributed by atoms with Crippen molar-refractivity contribution < 1.29 is 34.7 Å². The van der Waals surface area contributed by atoms with Crippen molar-refractivity contribution in [1.29, 1.82) is 0 Å². The molecule has 2 aromatic rings. The first-order valence-electron chi connectivity index (χ1n) is 10.5. The zero-order valence-electron chi connectivity index (χ0n) is 17.8. The molecule has 5 rings (SSSR count).